The van der Waals surface area contributed by atoms with Gasteiger partial charge in [0.2, 0.25) is 0 Å². The van der Waals surface area contributed by atoms with E-state index in [2.05, 4.69) is 0 Å². The van der Waals surface area contributed by atoms with E-state index in [4.69, 9.17) is 28.3 Å². The van der Waals surface area contributed by atoms with Crippen LogP contribution in [0, 0.1) is 5.82 Å². The number of halogens is 3. The van der Waals surface area contributed by atoms with Crippen LogP contribution in [0.15, 0.2) is 47.4 Å². The summed E-state index contributed by atoms with van der Waals surface area (Å²) in [5, 5.41) is 9.13. The Morgan fingerprint density at radius 2 is 1.83 bits per heavy atom. The second-order valence-corrected chi connectivity index (χ2v) is 7.14. The Labute approximate surface area is 141 Å². The number of rotatable bonds is 5. The van der Waals surface area contributed by atoms with Crippen LogP contribution in [0.1, 0.15) is 0 Å². The lowest BCUT2D eigenvalue weighted by Crippen LogP contribution is -2.35. The van der Waals surface area contributed by atoms with E-state index in [0.717, 1.165) is 18.2 Å². The summed E-state index contributed by atoms with van der Waals surface area (Å²) < 4.78 is 39.3. The first-order valence-corrected chi connectivity index (χ1v) is 8.36. The summed E-state index contributed by atoms with van der Waals surface area (Å²) in [4.78, 5) is 10.8. The molecule has 9 heteroatoms. The fourth-order valence-electron chi connectivity index (χ4n) is 1.83. The molecule has 0 amide bonds. The number of sulfonamides is 1. The van der Waals surface area contributed by atoms with Crippen LogP contribution in [0.4, 0.5) is 10.1 Å². The summed E-state index contributed by atoms with van der Waals surface area (Å²) in [5.41, 5.74) is -0.113. The molecule has 5 nitrogen and oxygen atoms in total. The van der Waals surface area contributed by atoms with Crippen molar-refractivity contribution in [3.05, 3.63) is 58.3 Å². The highest BCUT2D eigenvalue weighted by Crippen LogP contribution is 2.29. The predicted molar refractivity (Wildman–Crippen MR) is 85.0 cm³/mol. The van der Waals surface area contributed by atoms with Crippen molar-refractivity contribution in [3.63, 3.8) is 0 Å². The summed E-state index contributed by atoms with van der Waals surface area (Å²) >= 11 is 11.6. The highest BCUT2D eigenvalue weighted by Gasteiger charge is 2.27. The maximum atomic E-state index is 13.4. The van der Waals surface area contributed by atoms with Gasteiger partial charge in [0.25, 0.3) is 10.0 Å². The minimum Gasteiger partial charge on any atom is -0.480 e. The van der Waals surface area contributed by atoms with Gasteiger partial charge in [-0.15, -0.1) is 0 Å². The van der Waals surface area contributed by atoms with Gasteiger partial charge in [0.05, 0.1) is 20.6 Å². The van der Waals surface area contributed by atoms with Gasteiger partial charge in [0.15, 0.2) is 0 Å². The molecule has 0 spiro atoms. The van der Waals surface area contributed by atoms with E-state index in [1.165, 1.54) is 24.3 Å². The van der Waals surface area contributed by atoms with Crippen LogP contribution in [0.5, 0.6) is 0 Å². The number of carboxylic acid groups (broad SMARTS) is 1. The molecule has 0 fully saturated rings. The standard InChI is InChI=1S/C14H10Cl2FNO4S/c15-12-5-4-11(7-13(12)16)23(21,22)18(8-14(19)20)10-3-1-2-9(17)6-10/h1-7H,8H2,(H,19,20). The molecule has 0 saturated heterocycles. The molecular formula is C14H10Cl2FNO4S. The quantitative estimate of drug-likeness (QED) is 0.865. The number of benzene rings is 2. The van der Waals surface area contributed by atoms with Crippen molar-refractivity contribution in [2.24, 2.45) is 0 Å². The van der Waals surface area contributed by atoms with Crippen molar-refractivity contribution in [1.29, 1.82) is 0 Å². The SMILES string of the molecule is O=C(O)CN(c1cccc(F)c1)S(=O)(=O)c1ccc(Cl)c(Cl)c1. The van der Waals surface area contributed by atoms with Gasteiger partial charge in [-0.3, -0.25) is 9.10 Å². The molecule has 2 aromatic rings. The van der Waals surface area contributed by atoms with Crippen molar-refractivity contribution in [3.8, 4) is 0 Å². The topological polar surface area (TPSA) is 74.7 Å². The number of anilines is 1. The predicted octanol–water partition coefficient (Wildman–Crippen LogP) is 3.41. The number of hydrogen-bond donors (Lipinski definition) is 1. The Morgan fingerprint density at radius 3 is 2.39 bits per heavy atom. The highest BCUT2D eigenvalue weighted by atomic mass is 35.5. The molecule has 0 aromatic heterocycles. The van der Waals surface area contributed by atoms with E-state index in [-0.39, 0.29) is 20.6 Å². The number of aliphatic carboxylic acids is 1. The minimum absolute atomic E-state index is 0.00209. The second-order valence-electron chi connectivity index (χ2n) is 4.46. The average molecular weight is 378 g/mol. The molecule has 122 valence electrons. The van der Waals surface area contributed by atoms with Gasteiger partial charge in [-0.25, -0.2) is 12.8 Å². The van der Waals surface area contributed by atoms with Crippen LogP contribution < -0.4 is 4.31 Å². The zero-order valence-corrected chi connectivity index (χ0v) is 13.7. The summed E-state index contributed by atoms with van der Waals surface area (Å²) in [6.07, 6.45) is 0. The molecule has 2 aromatic carbocycles. The van der Waals surface area contributed by atoms with Crippen LogP contribution in [-0.4, -0.2) is 26.0 Å². The van der Waals surface area contributed by atoms with Crippen LogP contribution in [0.2, 0.25) is 10.0 Å². The van der Waals surface area contributed by atoms with Gasteiger partial charge in [-0.2, -0.15) is 0 Å². The number of carbonyl (C=O) groups is 1. The first-order chi connectivity index (χ1) is 10.7. The normalized spacial score (nSPS) is 11.3. The maximum Gasteiger partial charge on any atom is 0.324 e. The van der Waals surface area contributed by atoms with Crippen molar-refractivity contribution in [1.82, 2.24) is 0 Å². The first kappa shape index (κ1) is 17.5. The van der Waals surface area contributed by atoms with E-state index < -0.39 is 28.4 Å². The van der Waals surface area contributed by atoms with Gasteiger partial charge in [0, 0.05) is 0 Å². The molecule has 23 heavy (non-hydrogen) atoms. The molecule has 0 aliphatic carbocycles. The van der Waals surface area contributed by atoms with Crippen molar-refractivity contribution < 1.29 is 22.7 Å². The fourth-order valence-corrected chi connectivity index (χ4v) is 3.63. The number of carboxylic acids is 1. The Bertz CT molecular complexity index is 858. The van der Waals surface area contributed by atoms with Gasteiger partial charge in [0.1, 0.15) is 12.4 Å². The Morgan fingerprint density at radius 1 is 1.13 bits per heavy atom. The van der Waals surface area contributed by atoms with Crippen LogP contribution in [0.3, 0.4) is 0 Å². The van der Waals surface area contributed by atoms with E-state index in [9.17, 15) is 17.6 Å². The van der Waals surface area contributed by atoms with E-state index in [1.54, 1.807) is 0 Å². The third kappa shape index (κ3) is 3.93. The lowest BCUT2D eigenvalue weighted by atomic mass is 10.3. The van der Waals surface area contributed by atoms with E-state index >= 15 is 0 Å². The Kier molecular flexibility index (Phi) is 5.13. The molecule has 0 saturated carbocycles. The highest BCUT2D eigenvalue weighted by molar-refractivity contribution is 7.92. The minimum atomic E-state index is -4.26. The molecule has 0 aliphatic heterocycles. The van der Waals surface area contributed by atoms with Gasteiger partial charge in [-0.05, 0) is 36.4 Å². The van der Waals surface area contributed by atoms with E-state index in [0.29, 0.717) is 4.31 Å². The zero-order valence-electron chi connectivity index (χ0n) is 11.4. The molecule has 2 rings (SSSR count). The van der Waals surface area contributed by atoms with Crippen molar-refractivity contribution in [2.75, 3.05) is 10.8 Å². The van der Waals surface area contributed by atoms with Crippen LogP contribution >= 0.6 is 23.2 Å². The first-order valence-electron chi connectivity index (χ1n) is 6.17. The second kappa shape index (κ2) is 6.74. The number of nitrogens with zero attached hydrogens (tertiary/aromatic N) is 1. The molecule has 0 unspecified atom stereocenters. The largest absolute Gasteiger partial charge is 0.480 e. The third-order valence-corrected chi connectivity index (χ3v) is 5.36. The van der Waals surface area contributed by atoms with Crippen LogP contribution in [0.25, 0.3) is 0 Å². The lowest BCUT2D eigenvalue weighted by Gasteiger charge is -2.23. The monoisotopic (exact) mass is 377 g/mol. The van der Waals surface area contributed by atoms with Gasteiger partial charge < -0.3 is 5.11 Å². The molecule has 1 N–H and O–H groups in total. The maximum absolute atomic E-state index is 13.4. The summed E-state index contributed by atoms with van der Waals surface area (Å²) in [6.45, 7) is -0.869. The fraction of sp³-hybridized carbons (Fsp3) is 0.0714. The average Bonchev–Trinajstić information content (AvgIpc) is 2.47. The van der Waals surface area contributed by atoms with E-state index in [1.807, 2.05) is 0 Å². The molecule has 0 bridgehead atoms. The molecule has 0 radical (unpaired) electrons. The third-order valence-electron chi connectivity index (χ3n) is 2.85. The van der Waals surface area contributed by atoms with Crippen LogP contribution in [-0.2, 0) is 14.8 Å². The Hall–Kier alpha value is -1.83. The molecule has 0 heterocycles. The Balaban J connectivity index is 2.57. The van der Waals surface area contributed by atoms with Crippen molar-refractivity contribution in [2.45, 2.75) is 4.90 Å². The smallest absolute Gasteiger partial charge is 0.324 e. The summed E-state index contributed by atoms with van der Waals surface area (Å²) in [7, 11) is -4.26. The number of hydrogen-bond acceptors (Lipinski definition) is 3. The molecule has 0 aliphatic rings. The lowest BCUT2D eigenvalue weighted by molar-refractivity contribution is -0.135. The van der Waals surface area contributed by atoms with Gasteiger partial charge >= 0.3 is 5.97 Å². The summed E-state index contributed by atoms with van der Waals surface area (Å²) in [5.74, 6) is -2.08. The van der Waals surface area contributed by atoms with Gasteiger partial charge in [-0.1, -0.05) is 29.3 Å². The summed E-state index contributed by atoms with van der Waals surface area (Å²) in [6, 6.07) is 8.20. The molecular weight excluding hydrogens is 368 g/mol. The van der Waals surface area contributed by atoms with Crippen molar-refractivity contribution >= 4 is 44.9 Å². The zero-order chi connectivity index (χ0) is 17.2. The molecule has 0 atom stereocenters.